The van der Waals surface area contributed by atoms with Crippen LogP contribution in [0.1, 0.15) is 192 Å². The zero-order valence-corrected chi connectivity index (χ0v) is 40.0. The van der Waals surface area contributed by atoms with Gasteiger partial charge in [0, 0.05) is 70.2 Å². The molecule has 3 N–H and O–H groups in total. The van der Waals surface area contributed by atoms with Crippen LogP contribution in [0, 0.1) is 0 Å². The predicted octanol–water partition coefficient (Wildman–Crippen LogP) is 15.0. The zero-order valence-electron chi connectivity index (χ0n) is 40.0. The lowest BCUT2D eigenvalue weighted by molar-refractivity contribution is 0.441. The van der Waals surface area contributed by atoms with Gasteiger partial charge in [0.25, 0.3) is 0 Å². The van der Waals surface area contributed by atoms with Crippen molar-refractivity contribution in [3.63, 3.8) is 0 Å². The molecular weight excluding hydrogens is 775 g/mol. The molecule has 0 amide bonds. The van der Waals surface area contributed by atoms with Crippen LogP contribution in [0.4, 0.5) is 0 Å². The molecule has 0 aliphatic heterocycles. The first-order chi connectivity index (χ1) is 29.8. The van der Waals surface area contributed by atoms with Crippen molar-refractivity contribution in [2.24, 2.45) is 15.0 Å². The number of nitrogens with zero attached hydrogens (tertiary/aromatic N) is 3. The SMILES string of the molecule is CC(C)(C)c1cc(-c2cc(-c3cc(C=NC4CCCCC4)c(O)c(C(C)(C)C)c3)cc(-c3cc(C=NC4CCCCC4)c(O)c(C(C)(C)C)c3)c2)cc(C=NC2CCCCC2)c1O. The van der Waals surface area contributed by atoms with Crippen molar-refractivity contribution >= 4 is 18.6 Å². The summed E-state index contributed by atoms with van der Waals surface area (Å²) in [6, 6.07) is 20.3. The molecule has 0 heterocycles. The number of rotatable bonds is 9. The lowest BCUT2D eigenvalue weighted by Gasteiger charge is -2.25. The Bertz CT molecular complexity index is 2060. The van der Waals surface area contributed by atoms with Crippen LogP contribution in [-0.4, -0.2) is 52.1 Å². The van der Waals surface area contributed by atoms with Crippen LogP contribution < -0.4 is 0 Å². The number of hydrogen-bond acceptors (Lipinski definition) is 6. The molecular formula is C57H75N3O3. The minimum atomic E-state index is -0.329. The van der Waals surface area contributed by atoms with Crippen LogP contribution in [0.2, 0.25) is 0 Å². The molecule has 63 heavy (non-hydrogen) atoms. The number of benzene rings is 4. The predicted molar refractivity (Wildman–Crippen MR) is 267 cm³/mol. The molecule has 0 radical (unpaired) electrons. The van der Waals surface area contributed by atoms with E-state index in [1.807, 2.05) is 18.6 Å². The van der Waals surface area contributed by atoms with Gasteiger partial charge in [-0.1, -0.05) is 120 Å². The van der Waals surface area contributed by atoms with Gasteiger partial charge >= 0.3 is 0 Å². The molecule has 0 saturated heterocycles. The highest BCUT2D eigenvalue weighted by molar-refractivity contribution is 5.93. The van der Waals surface area contributed by atoms with E-state index in [1.54, 1.807) is 0 Å². The fourth-order valence-electron chi connectivity index (χ4n) is 9.86. The largest absolute Gasteiger partial charge is 0.507 e. The van der Waals surface area contributed by atoms with Crippen molar-refractivity contribution in [3.8, 4) is 50.6 Å². The molecule has 4 aromatic rings. The van der Waals surface area contributed by atoms with Crippen molar-refractivity contribution in [2.75, 3.05) is 0 Å². The van der Waals surface area contributed by atoms with Gasteiger partial charge in [0.15, 0.2) is 0 Å². The maximum absolute atomic E-state index is 11.8. The van der Waals surface area contributed by atoms with E-state index in [-0.39, 0.29) is 51.6 Å². The highest BCUT2D eigenvalue weighted by Gasteiger charge is 2.26. The summed E-state index contributed by atoms with van der Waals surface area (Å²) in [5.74, 6) is 0.855. The van der Waals surface area contributed by atoms with Gasteiger partial charge in [0.1, 0.15) is 17.2 Å². The van der Waals surface area contributed by atoms with Gasteiger partial charge in [0.05, 0.1) is 0 Å². The molecule has 3 saturated carbocycles. The van der Waals surface area contributed by atoms with E-state index >= 15 is 0 Å². The number of phenolic OH excluding ortho intramolecular Hbond substituents is 3. The van der Waals surface area contributed by atoms with Gasteiger partial charge in [-0.05, 0) is 143 Å². The Balaban J connectivity index is 1.46. The van der Waals surface area contributed by atoms with Crippen LogP contribution in [0.3, 0.4) is 0 Å². The second kappa shape index (κ2) is 19.2. The van der Waals surface area contributed by atoms with E-state index in [0.29, 0.717) is 0 Å². The Morgan fingerprint density at radius 2 is 0.571 bits per heavy atom. The third-order valence-corrected chi connectivity index (χ3v) is 13.8. The van der Waals surface area contributed by atoms with E-state index < -0.39 is 0 Å². The quantitative estimate of drug-likeness (QED) is 0.146. The fraction of sp³-hybridized carbons (Fsp3) is 0.526. The van der Waals surface area contributed by atoms with E-state index in [9.17, 15) is 15.3 Å². The molecule has 0 aromatic heterocycles. The lowest BCUT2D eigenvalue weighted by Crippen LogP contribution is -2.13. The first-order valence-electron chi connectivity index (χ1n) is 24.2. The first-order valence-corrected chi connectivity index (χ1v) is 24.2. The van der Waals surface area contributed by atoms with Crippen LogP contribution in [0.25, 0.3) is 33.4 Å². The summed E-state index contributed by atoms with van der Waals surface area (Å²) >= 11 is 0. The van der Waals surface area contributed by atoms with E-state index in [0.717, 1.165) is 105 Å². The van der Waals surface area contributed by atoms with Gasteiger partial charge in [0.2, 0.25) is 0 Å². The summed E-state index contributed by atoms with van der Waals surface area (Å²) in [6.07, 6.45) is 23.2. The van der Waals surface area contributed by atoms with Gasteiger partial charge < -0.3 is 15.3 Å². The molecule has 3 fully saturated rings. The van der Waals surface area contributed by atoms with Crippen molar-refractivity contribution in [1.29, 1.82) is 0 Å². The Hall–Kier alpha value is -4.71. The van der Waals surface area contributed by atoms with Crippen LogP contribution in [0.15, 0.2) is 69.6 Å². The number of aliphatic imine (C=N–C) groups is 3. The molecule has 6 heteroatoms. The summed E-state index contributed by atoms with van der Waals surface area (Å²) in [5.41, 5.74) is 9.83. The molecule has 7 rings (SSSR count). The van der Waals surface area contributed by atoms with Gasteiger partial charge in [-0.2, -0.15) is 0 Å². The second-order valence-electron chi connectivity index (χ2n) is 22.1. The van der Waals surface area contributed by atoms with Crippen molar-refractivity contribution in [3.05, 3.63) is 88.0 Å². The summed E-state index contributed by atoms with van der Waals surface area (Å²) in [7, 11) is 0. The molecule has 3 aliphatic carbocycles. The topological polar surface area (TPSA) is 97.8 Å². The molecule has 6 nitrogen and oxygen atoms in total. The molecule has 336 valence electrons. The monoisotopic (exact) mass is 850 g/mol. The van der Waals surface area contributed by atoms with Crippen molar-refractivity contribution in [2.45, 2.75) is 193 Å². The van der Waals surface area contributed by atoms with Crippen molar-refractivity contribution in [1.82, 2.24) is 0 Å². The van der Waals surface area contributed by atoms with E-state index in [4.69, 9.17) is 15.0 Å². The highest BCUT2D eigenvalue weighted by atomic mass is 16.3. The maximum atomic E-state index is 11.8. The minimum absolute atomic E-state index is 0.277. The zero-order chi connectivity index (χ0) is 45.1. The third-order valence-electron chi connectivity index (χ3n) is 13.8. The molecule has 0 spiro atoms. The normalized spacial score (nSPS) is 18.0. The van der Waals surface area contributed by atoms with Gasteiger partial charge in [-0.3, -0.25) is 15.0 Å². The summed E-state index contributed by atoms with van der Waals surface area (Å²) in [5, 5.41) is 35.5. The van der Waals surface area contributed by atoms with Crippen molar-refractivity contribution < 1.29 is 15.3 Å². The Morgan fingerprint density at radius 1 is 0.349 bits per heavy atom. The molecule has 3 aliphatic rings. The maximum Gasteiger partial charge on any atom is 0.128 e. The highest BCUT2D eigenvalue weighted by Crippen LogP contribution is 2.44. The van der Waals surface area contributed by atoms with Crippen LogP contribution >= 0.6 is 0 Å². The average Bonchev–Trinajstić information content (AvgIpc) is 3.25. The Labute approximate surface area is 379 Å². The lowest BCUT2D eigenvalue weighted by atomic mass is 9.81. The summed E-state index contributed by atoms with van der Waals surface area (Å²) in [6.45, 7) is 19.4. The second-order valence-corrected chi connectivity index (χ2v) is 22.1. The van der Waals surface area contributed by atoms with Crippen LogP contribution in [-0.2, 0) is 16.2 Å². The van der Waals surface area contributed by atoms with Gasteiger partial charge in [-0.15, -0.1) is 0 Å². The Morgan fingerprint density at radius 3 is 0.794 bits per heavy atom. The Kier molecular flexibility index (Phi) is 14.1. The number of phenols is 3. The summed E-state index contributed by atoms with van der Waals surface area (Å²) in [4.78, 5) is 15.1. The smallest absolute Gasteiger partial charge is 0.128 e. The summed E-state index contributed by atoms with van der Waals surface area (Å²) < 4.78 is 0. The molecule has 4 aromatic carbocycles. The average molecular weight is 850 g/mol. The van der Waals surface area contributed by atoms with Gasteiger partial charge in [-0.25, -0.2) is 0 Å². The minimum Gasteiger partial charge on any atom is -0.507 e. The molecule has 0 atom stereocenters. The first kappa shape index (κ1) is 46.3. The standard InChI is InChI=1S/C57H75N3O3/c1-55(2,3)49-31-40(28-43(52(49)61)34-58-46-19-13-10-14-20-46)37-25-38(41-29-44(35-59-47-21-15-11-16-22-47)53(62)50(32-41)56(4,5)6)27-39(26-37)42-30-45(36-60-48-23-17-12-18-24-48)54(63)51(33-42)57(7,8)9/h25-36,46-48,61-63H,10-24H2,1-9H3. The number of hydrogen-bond donors (Lipinski definition) is 3. The fourth-order valence-corrected chi connectivity index (χ4v) is 9.86. The van der Waals surface area contributed by atoms with E-state index in [2.05, 4.69) is 117 Å². The molecule has 0 unspecified atom stereocenters. The molecule has 0 bridgehead atoms. The number of aromatic hydroxyl groups is 3. The van der Waals surface area contributed by atoms with Crippen LogP contribution in [0.5, 0.6) is 17.2 Å². The van der Waals surface area contributed by atoms with E-state index in [1.165, 1.54) is 57.8 Å². The third kappa shape index (κ3) is 11.3.